The van der Waals surface area contributed by atoms with Gasteiger partial charge in [-0.1, -0.05) is 35.3 Å². The molecule has 0 aliphatic rings. The second-order valence-corrected chi connectivity index (χ2v) is 4.13. The molecule has 84 valence electrons. The van der Waals surface area contributed by atoms with Crippen molar-refractivity contribution in [3.05, 3.63) is 40.1 Å². The third kappa shape index (κ3) is 2.38. The molecule has 0 saturated carbocycles. The maximum atomic E-state index is 8.84. The molecular weight excluding hydrogens is 247 g/mol. The van der Waals surface area contributed by atoms with Crippen LogP contribution < -0.4 is 0 Å². The Bertz CT molecular complexity index is 496. The zero-order chi connectivity index (χ0) is 11.5. The molecule has 0 atom stereocenters. The molecule has 5 heteroatoms. The zero-order valence-corrected chi connectivity index (χ0v) is 9.89. The second kappa shape index (κ2) is 4.87. The third-order valence-electron chi connectivity index (χ3n) is 2.19. The van der Waals surface area contributed by atoms with E-state index in [-0.39, 0.29) is 6.61 Å². The molecule has 0 aliphatic heterocycles. The highest BCUT2D eigenvalue weighted by Crippen LogP contribution is 2.23. The molecule has 1 aromatic carbocycles. The maximum absolute atomic E-state index is 8.84. The Morgan fingerprint density at radius 1 is 1.31 bits per heavy atom. The van der Waals surface area contributed by atoms with Gasteiger partial charge in [0, 0.05) is 23.6 Å². The van der Waals surface area contributed by atoms with Crippen LogP contribution in [0.2, 0.25) is 10.2 Å². The first-order valence-electron chi connectivity index (χ1n) is 4.82. The highest BCUT2D eigenvalue weighted by molar-refractivity contribution is 6.31. The van der Waals surface area contributed by atoms with Crippen molar-refractivity contribution in [2.75, 3.05) is 6.61 Å². The van der Waals surface area contributed by atoms with Crippen molar-refractivity contribution in [2.24, 2.45) is 0 Å². The SMILES string of the molecule is OCCc1[nH]c(-c2cccc(Cl)c2)nc1Cl. The van der Waals surface area contributed by atoms with Crippen molar-refractivity contribution in [1.82, 2.24) is 9.97 Å². The number of hydrogen-bond acceptors (Lipinski definition) is 2. The van der Waals surface area contributed by atoms with Crippen LogP contribution in [-0.2, 0) is 6.42 Å². The minimum absolute atomic E-state index is 0.0386. The number of aliphatic hydroxyl groups is 1. The smallest absolute Gasteiger partial charge is 0.150 e. The Morgan fingerprint density at radius 3 is 2.81 bits per heavy atom. The fourth-order valence-electron chi connectivity index (χ4n) is 1.44. The van der Waals surface area contributed by atoms with E-state index in [2.05, 4.69) is 9.97 Å². The molecule has 0 amide bonds. The van der Waals surface area contributed by atoms with Crippen LogP contribution >= 0.6 is 23.2 Å². The summed E-state index contributed by atoms with van der Waals surface area (Å²) >= 11 is 11.8. The fraction of sp³-hybridized carbons (Fsp3) is 0.182. The summed E-state index contributed by atoms with van der Waals surface area (Å²) in [6.45, 7) is 0.0386. The van der Waals surface area contributed by atoms with Crippen LogP contribution in [0.5, 0.6) is 0 Å². The van der Waals surface area contributed by atoms with Gasteiger partial charge in [0.15, 0.2) is 5.15 Å². The lowest BCUT2D eigenvalue weighted by Gasteiger charge is -1.97. The van der Waals surface area contributed by atoms with Crippen molar-refractivity contribution < 1.29 is 5.11 Å². The molecule has 0 aliphatic carbocycles. The molecule has 2 rings (SSSR count). The van der Waals surface area contributed by atoms with E-state index in [9.17, 15) is 0 Å². The molecule has 0 fully saturated rings. The summed E-state index contributed by atoms with van der Waals surface area (Å²) in [5.74, 6) is 0.663. The van der Waals surface area contributed by atoms with E-state index in [0.29, 0.717) is 22.4 Å². The molecule has 2 N–H and O–H groups in total. The summed E-state index contributed by atoms with van der Waals surface area (Å²) in [4.78, 5) is 7.24. The van der Waals surface area contributed by atoms with Crippen molar-refractivity contribution in [3.63, 3.8) is 0 Å². The normalized spacial score (nSPS) is 10.7. The summed E-state index contributed by atoms with van der Waals surface area (Å²) in [7, 11) is 0. The van der Waals surface area contributed by atoms with E-state index >= 15 is 0 Å². The first-order valence-corrected chi connectivity index (χ1v) is 5.57. The number of hydrogen-bond donors (Lipinski definition) is 2. The Hall–Kier alpha value is -1.03. The van der Waals surface area contributed by atoms with Gasteiger partial charge in [0.2, 0.25) is 0 Å². The second-order valence-electron chi connectivity index (χ2n) is 3.34. The zero-order valence-electron chi connectivity index (χ0n) is 8.37. The number of aliphatic hydroxyl groups excluding tert-OH is 1. The molecule has 3 nitrogen and oxygen atoms in total. The molecule has 1 aromatic heterocycles. The highest BCUT2D eigenvalue weighted by atomic mass is 35.5. The standard InChI is InChI=1S/C11H10Cl2N2O/c12-8-3-1-2-7(6-8)11-14-9(4-5-16)10(13)15-11/h1-3,6,16H,4-5H2,(H,14,15). The number of H-pyrrole nitrogens is 1. The van der Waals surface area contributed by atoms with Crippen LogP contribution in [-0.4, -0.2) is 21.7 Å². The Morgan fingerprint density at radius 2 is 2.12 bits per heavy atom. The van der Waals surface area contributed by atoms with Gasteiger partial charge in [-0.3, -0.25) is 0 Å². The molecule has 0 bridgehead atoms. The lowest BCUT2D eigenvalue weighted by Crippen LogP contribution is -1.91. The molecule has 0 spiro atoms. The number of imidazole rings is 1. The van der Waals surface area contributed by atoms with Crippen molar-refractivity contribution in [2.45, 2.75) is 6.42 Å². The van der Waals surface area contributed by atoms with Crippen LogP contribution in [0.1, 0.15) is 5.69 Å². The van der Waals surface area contributed by atoms with Crippen LogP contribution in [0.25, 0.3) is 11.4 Å². The Kier molecular flexibility index (Phi) is 3.49. The highest BCUT2D eigenvalue weighted by Gasteiger charge is 2.09. The number of rotatable bonds is 3. The minimum atomic E-state index is 0.0386. The summed E-state index contributed by atoms with van der Waals surface area (Å²) in [6.07, 6.45) is 0.465. The Labute approximate surface area is 103 Å². The van der Waals surface area contributed by atoms with E-state index in [4.69, 9.17) is 28.3 Å². The molecule has 1 heterocycles. The van der Waals surface area contributed by atoms with Crippen LogP contribution in [0.15, 0.2) is 24.3 Å². The van der Waals surface area contributed by atoms with Gasteiger partial charge in [-0.15, -0.1) is 0 Å². The van der Waals surface area contributed by atoms with Gasteiger partial charge in [0.05, 0.1) is 5.69 Å². The van der Waals surface area contributed by atoms with Crippen molar-refractivity contribution in [1.29, 1.82) is 0 Å². The number of halogens is 2. The Balaban J connectivity index is 2.37. The van der Waals surface area contributed by atoms with Crippen LogP contribution in [0.4, 0.5) is 0 Å². The molecule has 0 saturated heterocycles. The largest absolute Gasteiger partial charge is 0.396 e. The van der Waals surface area contributed by atoms with Crippen molar-refractivity contribution in [3.8, 4) is 11.4 Å². The molecular formula is C11H10Cl2N2O. The van der Waals surface area contributed by atoms with Gasteiger partial charge in [-0.05, 0) is 12.1 Å². The monoisotopic (exact) mass is 256 g/mol. The first-order chi connectivity index (χ1) is 7.70. The summed E-state index contributed by atoms with van der Waals surface area (Å²) in [6, 6.07) is 7.34. The lowest BCUT2D eigenvalue weighted by atomic mass is 10.2. The number of aromatic nitrogens is 2. The van der Waals surface area contributed by atoms with Gasteiger partial charge in [-0.25, -0.2) is 4.98 Å². The molecule has 16 heavy (non-hydrogen) atoms. The number of nitrogens with zero attached hydrogens (tertiary/aromatic N) is 1. The van der Waals surface area contributed by atoms with E-state index in [1.165, 1.54) is 0 Å². The molecule has 2 aromatic rings. The first kappa shape index (κ1) is 11.5. The van der Waals surface area contributed by atoms with Gasteiger partial charge >= 0.3 is 0 Å². The summed E-state index contributed by atoms with van der Waals surface area (Å²) in [5.41, 5.74) is 1.61. The van der Waals surface area contributed by atoms with E-state index in [1.807, 2.05) is 12.1 Å². The number of aromatic amines is 1. The van der Waals surface area contributed by atoms with Crippen LogP contribution in [0.3, 0.4) is 0 Å². The molecule has 0 radical (unpaired) electrons. The quantitative estimate of drug-likeness (QED) is 0.888. The van der Waals surface area contributed by atoms with E-state index in [0.717, 1.165) is 11.3 Å². The molecule has 0 unspecified atom stereocenters. The summed E-state index contributed by atoms with van der Waals surface area (Å²) in [5, 5.41) is 9.88. The predicted octanol–water partition coefficient (Wildman–Crippen LogP) is 2.92. The van der Waals surface area contributed by atoms with E-state index in [1.54, 1.807) is 12.1 Å². The average molecular weight is 257 g/mol. The topological polar surface area (TPSA) is 48.9 Å². The van der Waals surface area contributed by atoms with Gasteiger partial charge in [-0.2, -0.15) is 0 Å². The van der Waals surface area contributed by atoms with E-state index < -0.39 is 0 Å². The minimum Gasteiger partial charge on any atom is -0.396 e. The van der Waals surface area contributed by atoms with Crippen LogP contribution in [0, 0.1) is 0 Å². The lowest BCUT2D eigenvalue weighted by molar-refractivity contribution is 0.298. The van der Waals surface area contributed by atoms with Gasteiger partial charge in [0.1, 0.15) is 5.82 Å². The average Bonchev–Trinajstić information content (AvgIpc) is 2.61. The maximum Gasteiger partial charge on any atom is 0.150 e. The summed E-state index contributed by atoms with van der Waals surface area (Å²) < 4.78 is 0. The predicted molar refractivity (Wildman–Crippen MR) is 64.8 cm³/mol. The number of nitrogens with one attached hydrogen (secondary N) is 1. The van der Waals surface area contributed by atoms with Gasteiger partial charge < -0.3 is 10.1 Å². The van der Waals surface area contributed by atoms with Gasteiger partial charge in [0.25, 0.3) is 0 Å². The van der Waals surface area contributed by atoms with Crippen molar-refractivity contribution >= 4 is 23.2 Å². The third-order valence-corrected chi connectivity index (χ3v) is 2.74. The fourth-order valence-corrected chi connectivity index (χ4v) is 1.85. The number of benzene rings is 1.